The molecule has 5 nitrogen and oxygen atoms in total. The number of carboxylic acids is 1. The summed E-state index contributed by atoms with van der Waals surface area (Å²) < 4.78 is 11.0. The predicted octanol–water partition coefficient (Wildman–Crippen LogP) is 4.33. The van der Waals surface area contributed by atoms with Crippen molar-refractivity contribution in [2.45, 2.75) is 19.4 Å². The molecule has 1 unspecified atom stereocenters. The summed E-state index contributed by atoms with van der Waals surface area (Å²) in [6, 6.07) is 19.4. The number of carboxylic acid groups (broad SMARTS) is 1. The standard InChI is InChI=1S/C24H26O5S/c1-17-8-10-20(11-9-17)28-14-19(25)16-30-13-12-18-4-2-6-22-21(18)5-3-7-23(22)29-15-24(26)27/h2-11,19,25H,12-16H2,1H3,(H,26,27). The van der Waals surface area contributed by atoms with Gasteiger partial charge < -0.3 is 19.7 Å². The molecule has 0 saturated carbocycles. The van der Waals surface area contributed by atoms with E-state index in [0.717, 1.165) is 28.7 Å². The lowest BCUT2D eigenvalue weighted by molar-refractivity contribution is -0.139. The number of hydrogen-bond acceptors (Lipinski definition) is 5. The van der Waals surface area contributed by atoms with Gasteiger partial charge >= 0.3 is 5.97 Å². The summed E-state index contributed by atoms with van der Waals surface area (Å²) in [5, 5.41) is 21.0. The van der Waals surface area contributed by atoms with Crippen molar-refractivity contribution >= 4 is 28.5 Å². The Balaban J connectivity index is 1.49. The van der Waals surface area contributed by atoms with Crippen LogP contribution in [-0.4, -0.2) is 47.0 Å². The minimum absolute atomic E-state index is 0.272. The lowest BCUT2D eigenvalue weighted by Crippen LogP contribution is -2.20. The highest BCUT2D eigenvalue weighted by Crippen LogP contribution is 2.29. The Morgan fingerprint density at radius 3 is 2.50 bits per heavy atom. The number of rotatable bonds is 11. The lowest BCUT2D eigenvalue weighted by Gasteiger charge is -2.13. The Kier molecular flexibility index (Phi) is 7.99. The van der Waals surface area contributed by atoms with E-state index in [0.29, 0.717) is 11.5 Å². The van der Waals surface area contributed by atoms with Gasteiger partial charge in [-0.05, 0) is 48.2 Å². The first-order valence-electron chi connectivity index (χ1n) is 9.83. The van der Waals surface area contributed by atoms with Crippen LogP contribution in [-0.2, 0) is 11.2 Å². The number of aryl methyl sites for hydroxylation is 2. The first-order valence-corrected chi connectivity index (χ1v) is 11.0. The number of aliphatic carboxylic acids is 1. The molecule has 0 heterocycles. The molecule has 0 bridgehead atoms. The molecule has 1 atom stereocenters. The first-order chi connectivity index (χ1) is 14.5. The number of thioether (sulfide) groups is 1. The average Bonchev–Trinajstić information content (AvgIpc) is 2.75. The molecule has 0 aromatic heterocycles. The van der Waals surface area contributed by atoms with Gasteiger partial charge in [0.1, 0.15) is 18.1 Å². The number of carbonyl (C=O) groups is 1. The molecule has 0 saturated heterocycles. The van der Waals surface area contributed by atoms with Crippen LogP contribution in [0.4, 0.5) is 0 Å². The monoisotopic (exact) mass is 426 g/mol. The van der Waals surface area contributed by atoms with Crippen molar-refractivity contribution in [3.05, 3.63) is 71.8 Å². The summed E-state index contributed by atoms with van der Waals surface area (Å²) in [4.78, 5) is 10.8. The van der Waals surface area contributed by atoms with Crippen molar-refractivity contribution < 1.29 is 24.5 Å². The average molecular weight is 427 g/mol. The molecule has 0 amide bonds. The molecule has 3 aromatic rings. The first kappa shape index (κ1) is 22.0. The van der Waals surface area contributed by atoms with Gasteiger partial charge in [0.25, 0.3) is 0 Å². The zero-order valence-corrected chi connectivity index (χ0v) is 17.7. The Bertz CT molecular complexity index is 971. The van der Waals surface area contributed by atoms with Crippen LogP contribution in [0.3, 0.4) is 0 Å². The largest absolute Gasteiger partial charge is 0.491 e. The zero-order chi connectivity index (χ0) is 21.3. The van der Waals surface area contributed by atoms with Crippen molar-refractivity contribution in [1.29, 1.82) is 0 Å². The maximum atomic E-state index is 10.8. The van der Waals surface area contributed by atoms with E-state index in [1.807, 2.05) is 55.5 Å². The molecule has 6 heteroatoms. The van der Waals surface area contributed by atoms with Gasteiger partial charge in [0, 0.05) is 11.1 Å². The number of ether oxygens (including phenoxy) is 2. The number of benzene rings is 3. The van der Waals surface area contributed by atoms with Gasteiger partial charge in [0.2, 0.25) is 0 Å². The molecule has 3 aromatic carbocycles. The Morgan fingerprint density at radius 2 is 1.73 bits per heavy atom. The normalized spacial score (nSPS) is 11.9. The summed E-state index contributed by atoms with van der Waals surface area (Å²) in [6.07, 6.45) is 0.315. The fourth-order valence-corrected chi connectivity index (χ4v) is 4.01. The highest BCUT2D eigenvalue weighted by Gasteiger charge is 2.09. The van der Waals surface area contributed by atoms with Crippen LogP contribution in [0.25, 0.3) is 10.8 Å². The van der Waals surface area contributed by atoms with E-state index in [1.54, 1.807) is 17.8 Å². The van der Waals surface area contributed by atoms with Gasteiger partial charge in [-0.15, -0.1) is 0 Å². The highest BCUT2D eigenvalue weighted by molar-refractivity contribution is 7.99. The second kappa shape index (κ2) is 10.9. The van der Waals surface area contributed by atoms with E-state index in [-0.39, 0.29) is 13.2 Å². The number of fused-ring (bicyclic) bond motifs is 1. The quantitative estimate of drug-likeness (QED) is 0.445. The van der Waals surface area contributed by atoms with Crippen LogP contribution in [0.1, 0.15) is 11.1 Å². The topological polar surface area (TPSA) is 76.0 Å². The minimum Gasteiger partial charge on any atom is -0.491 e. The Morgan fingerprint density at radius 1 is 1.00 bits per heavy atom. The Hall–Kier alpha value is -2.70. The van der Waals surface area contributed by atoms with E-state index >= 15 is 0 Å². The molecule has 30 heavy (non-hydrogen) atoms. The third-order valence-corrected chi connectivity index (χ3v) is 5.73. The third-order valence-electron chi connectivity index (χ3n) is 4.61. The number of aliphatic hydroxyl groups excluding tert-OH is 1. The van der Waals surface area contributed by atoms with E-state index in [9.17, 15) is 9.90 Å². The zero-order valence-electron chi connectivity index (χ0n) is 16.9. The molecule has 2 N–H and O–H groups in total. The maximum Gasteiger partial charge on any atom is 0.341 e. The van der Waals surface area contributed by atoms with Crippen molar-refractivity contribution in [3.8, 4) is 11.5 Å². The van der Waals surface area contributed by atoms with Gasteiger partial charge in [0.05, 0.1) is 6.10 Å². The third kappa shape index (κ3) is 6.40. The van der Waals surface area contributed by atoms with E-state index in [2.05, 4.69) is 6.07 Å². The lowest BCUT2D eigenvalue weighted by atomic mass is 10.0. The summed E-state index contributed by atoms with van der Waals surface area (Å²) in [7, 11) is 0. The highest BCUT2D eigenvalue weighted by atomic mass is 32.2. The molecule has 0 fully saturated rings. The summed E-state index contributed by atoms with van der Waals surface area (Å²) >= 11 is 1.68. The SMILES string of the molecule is Cc1ccc(OCC(O)CSCCc2cccc3c(OCC(=O)O)cccc23)cc1. The van der Waals surface area contributed by atoms with Crippen LogP contribution >= 0.6 is 11.8 Å². The number of hydrogen-bond donors (Lipinski definition) is 2. The van der Waals surface area contributed by atoms with Crippen LogP contribution in [0, 0.1) is 6.92 Å². The van der Waals surface area contributed by atoms with E-state index in [1.165, 1.54) is 11.1 Å². The summed E-state index contributed by atoms with van der Waals surface area (Å²) in [6.45, 7) is 1.94. The Labute approximate surface area is 180 Å². The molecule has 0 aliphatic heterocycles. The van der Waals surface area contributed by atoms with Crippen LogP contribution in [0.2, 0.25) is 0 Å². The fraction of sp³-hybridized carbons (Fsp3) is 0.292. The van der Waals surface area contributed by atoms with Crippen LogP contribution in [0.15, 0.2) is 60.7 Å². The van der Waals surface area contributed by atoms with Crippen molar-refractivity contribution in [3.63, 3.8) is 0 Å². The predicted molar refractivity (Wildman–Crippen MR) is 121 cm³/mol. The summed E-state index contributed by atoms with van der Waals surface area (Å²) in [5.41, 5.74) is 2.35. The van der Waals surface area contributed by atoms with Crippen molar-refractivity contribution in [2.75, 3.05) is 24.7 Å². The molecular formula is C24H26O5S. The molecule has 0 spiro atoms. The molecule has 0 aliphatic carbocycles. The van der Waals surface area contributed by atoms with Gasteiger partial charge in [-0.1, -0.05) is 48.0 Å². The van der Waals surface area contributed by atoms with Gasteiger partial charge in [-0.2, -0.15) is 11.8 Å². The second-order valence-electron chi connectivity index (χ2n) is 7.05. The molecule has 3 rings (SSSR count). The van der Waals surface area contributed by atoms with Gasteiger partial charge in [-0.25, -0.2) is 4.79 Å². The maximum absolute atomic E-state index is 10.8. The van der Waals surface area contributed by atoms with Crippen LogP contribution < -0.4 is 9.47 Å². The molecular weight excluding hydrogens is 400 g/mol. The van der Waals surface area contributed by atoms with Crippen molar-refractivity contribution in [2.24, 2.45) is 0 Å². The van der Waals surface area contributed by atoms with Crippen molar-refractivity contribution in [1.82, 2.24) is 0 Å². The molecule has 0 aliphatic rings. The smallest absolute Gasteiger partial charge is 0.341 e. The molecule has 158 valence electrons. The molecule has 0 radical (unpaired) electrons. The fourth-order valence-electron chi connectivity index (χ4n) is 3.11. The van der Waals surface area contributed by atoms with E-state index < -0.39 is 12.1 Å². The summed E-state index contributed by atoms with van der Waals surface area (Å²) in [5.74, 6) is 1.81. The van der Waals surface area contributed by atoms with Crippen LogP contribution in [0.5, 0.6) is 11.5 Å². The van der Waals surface area contributed by atoms with E-state index in [4.69, 9.17) is 14.6 Å². The second-order valence-corrected chi connectivity index (χ2v) is 8.20. The number of aliphatic hydroxyl groups is 1. The minimum atomic E-state index is -0.996. The van der Waals surface area contributed by atoms with Gasteiger partial charge in [-0.3, -0.25) is 0 Å². The van der Waals surface area contributed by atoms with Gasteiger partial charge in [0.15, 0.2) is 6.61 Å².